The van der Waals surface area contributed by atoms with Gasteiger partial charge in [0.25, 0.3) is 0 Å². The smallest absolute Gasteiger partial charge is 0.416 e. The van der Waals surface area contributed by atoms with E-state index < -0.39 is 6.09 Å². The normalized spacial score (nSPS) is 16.8. The number of ether oxygens (including phenoxy) is 1. The van der Waals surface area contributed by atoms with Crippen molar-refractivity contribution < 1.29 is 14.3 Å². The topological polar surface area (TPSA) is 95.4 Å². The largest absolute Gasteiger partial charge is 0.447 e. The molecular formula is C24H36N4O3. The van der Waals surface area contributed by atoms with Gasteiger partial charge in [-0.3, -0.25) is 4.79 Å². The molecular weight excluding hydrogens is 392 g/mol. The molecule has 1 fully saturated rings. The molecule has 0 N–H and O–H groups in total. The van der Waals surface area contributed by atoms with Gasteiger partial charge in [-0.2, -0.15) is 0 Å². The summed E-state index contributed by atoms with van der Waals surface area (Å²) in [5.41, 5.74) is 9.39. The summed E-state index contributed by atoms with van der Waals surface area (Å²) in [5.74, 6) is -0.132. The second kappa shape index (κ2) is 13.7. The van der Waals surface area contributed by atoms with Gasteiger partial charge in [0.1, 0.15) is 6.61 Å². The van der Waals surface area contributed by atoms with Crippen LogP contribution >= 0.6 is 0 Å². The number of nitrogens with zero attached hydrogens (tertiary/aromatic N) is 4. The van der Waals surface area contributed by atoms with Crippen LogP contribution < -0.4 is 0 Å². The first-order chi connectivity index (χ1) is 15.0. The molecule has 1 aliphatic rings. The van der Waals surface area contributed by atoms with Gasteiger partial charge in [0, 0.05) is 17.4 Å². The predicted octanol–water partition coefficient (Wildman–Crippen LogP) is 6.28. The Hall–Kier alpha value is -2.53. The third kappa shape index (κ3) is 8.25. The first-order valence-electron chi connectivity index (χ1n) is 11.6. The first kappa shape index (κ1) is 24.7. The van der Waals surface area contributed by atoms with Gasteiger partial charge in [-0.1, -0.05) is 87.8 Å². The summed E-state index contributed by atoms with van der Waals surface area (Å²) in [5, 5.41) is 3.56. The van der Waals surface area contributed by atoms with Crippen LogP contribution in [0.2, 0.25) is 0 Å². The summed E-state index contributed by atoms with van der Waals surface area (Å²) >= 11 is 0. The number of hydrogen-bond acceptors (Lipinski definition) is 4. The standard InChI is InChI=1S/C24H36N4O3/c1-19(2)22-18-31-24(30)28(22)23(29)21(17-20-13-9-8-10-14-20)15-11-6-4-3-5-7-12-16-26-27-25/h8-10,13-14,19,21-22H,3-7,11-12,15-18H2,1-2H3/t21-,22-/m1/s1. The molecule has 0 bridgehead atoms. The lowest BCUT2D eigenvalue weighted by atomic mass is 9.91. The van der Waals surface area contributed by atoms with E-state index in [-0.39, 0.29) is 23.8 Å². The van der Waals surface area contributed by atoms with E-state index in [1.807, 2.05) is 44.2 Å². The monoisotopic (exact) mass is 428 g/mol. The Kier molecular flexibility index (Phi) is 10.9. The molecule has 1 saturated heterocycles. The van der Waals surface area contributed by atoms with Crippen LogP contribution in [-0.4, -0.2) is 36.1 Å². The molecule has 1 heterocycles. The summed E-state index contributed by atoms with van der Waals surface area (Å²) < 4.78 is 5.21. The molecule has 2 amide bonds. The number of benzene rings is 1. The molecule has 0 radical (unpaired) electrons. The highest BCUT2D eigenvalue weighted by atomic mass is 16.6. The molecule has 170 valence electrons. The predicted molar refractivity (Wildman–Crippen MR) is 121 cm³/mol. The lowest BCUT2D eigenvalue weighted by Gasteiger charge is -2.27. The third-order valence-electron chi connectivity index (χ3n) is 5.96. The van der Waals surface area contributed by atoms with E-state index >= 15 is 0 Å². The molecule has 2 atom stereocenters. The fourth-order valence-electron chi connectivity index (χ4n) is 4.09. The number of cyclic esters (lactones) is 1. The van der Waals surface area contributed by atoms with Crippen molar-refractivity contribution >= 4 is 12.0 Å². The quantitative estimate of drug-likeness (QED) is 0.151. The molecule has 1 aromatic carbocycles. The fraction of sp³-hybridized carbons (Fsp3) is 0.667. The van der Waals surface area contributed by atoms with Crippen molar-refractivity contribution in [1.29, 1.82) is 0 Å². The van der Waals surface area contributed by atoms with Gasteiger partial charge in [0.15, 0.2) is 0 Å². The molecule has 7 heteroatoms. The SMILES string of the molecule is CC(C)[C@H]1COC(=O)N1C(=O)[C@H](CCCCCCCCCN=[N+]=[N-])Cc1ccccc1. The maximum Gasteiger partial charge on any atom is 0.416 e. The van der Waals surface area contributed by atoms with Crippen LogP contribution in [0.4, 0.5) is 4.79 Å². The molecule has 0 aromatic heterocycles. The zero-order valence-corrected chi connectivity index (χ0v) is 18.9. The van der Waals surface area contributed by atoms with Crippen molar-refractivity contribution in [3.05, 3.63) is 46.3 Å². The molecule has 0 unspecified atom stereocenters. The Morgan fingerprint density at radius 3 is 2.42 bits per heavy atom. The third-order valence-corrected chi connectivity index (χ3v) is 5.96. The Morgan fingerprint density at radius 1 is 1.13 bits per heavy atom. The summed E-state index contributed by atoms with van der Waals surface area (Å²) in [6.45, 7) is 4.91. The van der Waals surface area contributed by atoms with E-state index in [0.29, 0.717) is 19.6 Å². The van der Waals surface area contributed by atoms with Gasteiger partial charge in [-0.15, -0.1) is 0 Å². The van der Waals surface area contributed by atoms with Crippen molar-refractivity contribution in [2.75, 3.05) is 13.2 Å². The highest BCUT2D eigenvalue weighted by Gasteiger charge is 2.41. The van der Waals surface area contributed by atoms with Crippen molar-refractivity contribution in [2.45, 2.75) is 77.7 Å². The average molecular weight is 429 g/mol. The van der Waals surface area contributed by atoms with Crippen LogP contribution in [0.1, 0.15) is 70.8 Å². The van der Waals surface area contributed by atoms with Crippen LogP contribution in [0, 0.1) is 11.8 Å². The molecule has 0 spiro atoms. The van der Waals surface area contributed by atoms with E-state index in [1.165, 1.54) is 4.90 Å². The lowest BCUT2D eigenvalue weighted by Crippen LogP contribution is -2.45. The maximum absolute atomic E-state index is 13.4. The maximum atomic E-state index is 13.4. The zero-order valence-electron chi connectivity index (χ0n) is 18.9. The minimum atomic E-state index is -0.498. The second-order valence-corrected chi connectivity index (χ2v) is 8.70. The minimum absolute atomic E-state index is 0.0944. The molecule has 1 aliphatic heterocycles. The van der Waals surface area contributed by atoms with Gasteiger partial charge in [0.05, 0.1) is 6.04 Å². The van der Waals surface area contributed by atoms with Gasteiger partial charge < -0.3 is 4.74 Å². The van der Waals surface area contributed by atoms with E-state index in [4.69, 9.17) is 10.3 Å². The van der Waals surface area contributed by atoms with Crippen molar-refractivity contribution in [3.63, 3.8) is 0 Å². The number of azide groups is 1. The molecule has 2 rings (SSSR count). The summed E-state index contributed by atoms with van der Waals surface area (Å²) in [7, 11) is 0. The molecule has 31 heavy (non-hydrogen) atoms. The summed E-state index contributed by atoms with van der Waals surface area (Å²) in [4.78, 5) is 29.8. The van der Waals surface area contributed by atoms with E-state index in [1.54, 1.807) is 0 Å². The summed E-state index contributed by atoms with van der Waals surface area (Å²) in [6, 6.07) is 9.85. The fourth-order valence-corrected chi connectivity index (χ4v) is 4.09. The Bertz CT molecular complexity index is 732. The van der Waals surface area contributed by atoms with E-state index in [9.17, 15) is 9.59 Å². The number of unbranched alkanes of at least 4 members (excludes halogenated alkanes) is 6. The van der Waals surface area contributed by atoms with Crippen LogP contribution in [0.3, 0.4) is 0 Å². The average Bonchev–Trinajstić information content (AvgIpc) is 3.16. The number of hydrogen-bond donors (Lipinski definition) is 0. The van der Waals surface area contributed by atoms with Gasteiger partial charge in [-0.25, -0.2) is 9.69 Å². The minimum Gasteiger partial charge on any atom is -0.447 e. The molecule has 0 aliphatic carbocycles. The molecule has 7 nitrogen and oxygen atoms in total. The second-order valence-electron chi connectivity index (χ2n) is 8.70. The Morgan fingerprint density at radius 2 is 1.77 bits per heavy atom. The molecule has 1 aromatic rings. The number of rotatable bonds is 14. The highest BCUT2D eigenvalue weighted by molar-refractivity contribution is 5.95. The van der Waals surface area contributed by atoms with Crippen molar-refractivity contribution in [3.8, 4) is 0 Å². The zero-order chi connectivity index (χ0) is 22.5. The van der Waals surface area contributed by atoms with Crippen LogP contribution in [0.15, 0.2) is 35.4 Å². The number of amides is 2. The van der Waals surface area contributed by atoms with Crippen molar-refractivity contribution in [1.82, 2.24) is 4.90 Å². The Balaban J connectivity index is 1.86. The van der Waals surface area contributed by atoms with Crippen molar-refractivity contribution in [2.24, 2.45) is 17.0 Å². The van der Waals surface area contributed by atoms with Gasteiger partial charge in [0.2, 0.25) is 5.91 Å². The van der Waals surface area contributed by atoms with E-state index in [0.717, 1.165) is 56.9 Å². The number of imide groups is 1. The number of carbonyl (C=O) groups excluding carboxylic acids is 2. The van der Waals surface area contributed by atoms with E-state index in [2.05, 4.69) is 10.0 Å². The highest BCUT2D eigenvalue weighted by Crippen LogP contribution is 2.26. The Labute approximate surface area is 185 Å². The summed E-state index contributed by atoms with van der Waals surface area (Å²) in [6.07, 6.45) is 8.43. The molecule has 0 saturated carbocycles. The van der Waals surface area contributed by atoms with Crippen LogP contribution in [-0.2, 0) is 16.0 Å². The van der Waals surface area contributed by atoms with Crippen LogP contribution in [0.25, 0.3) is 10.4 Å². The number of carbonyl (C=O) groups is 2. The van der Waals surface area contributed by atoms with Gasteiger partial charge >= 0.3 is 6.09 Å². The first-order valence-corrected chi connectivity index (χ1v) is 11.6. The van der Waals surface area contributed by atoms with Gasteiger partial charge in [-0.05, 0) is 36.3 Å². The lowest BCUT2D eigenvalue weighted by molar-refractivity contribution is -0.134. The van der Waals surface area contributed by atoms with Crippen LogP contribution in [0.5, 0.6) is 0 Å².